The van der Waals surface area contributed by atoms with Crippen LogP contribution in [0.1, 0.15) is 5.82 Å². The molecular weight excluding hydrogens is 144 g/mol. The van der Waals surface area contributed by atoms with Crippen molar-refractivity contribution in [3.05, 3.63) is 22.4 Å². The number of hydrogen-bond acceptors (Lipinski definition) is 3. The molecule has 0 saturated heterocycles. The Bertz CT molecular complexity index is 441. The lowest BCUT2D eigenvalue weighted by Gasteiger charge is -1.81. The van der Waals surface area contributed by atoms with Gasteiger partial charge in [0.2, 0.25) is 0 Å². The van der Waals surface area contributed by atoms with E-state index in [-0.39, 0.29) is 5.56 Å². The van der Waals surface area contributed by atoms with Crippen molar-refractivity contribution < 1.29 is 0 Å². The van der Waals surface area contributed by atoms with Crippen molar-refractivity contribution in [2.45, 2.75) is 6.92 Å². The summed E-state index contributed by atoms with van der Waals surface area (Å²) in [4.78, 5) is 17.9. The van der Waals surface area contributed by atoms with E-state index in [2.05, 4.69) is 20.2 Å². The number of nitrogens with one attached hydrogen (secondary N) is 2. The average molecular weight is 150 g/mol. The highest BCUT2D eigenvalue weighted by Crippen LogP contribution is 2.01. The number of aromatic nitrogens is 4. The van der Waals surface area contributed by atoms with Crippen molar-refractivity contribution in [3.63, 3.8) is 0 Å². The summed E-state index contributed by atoms with van der Waals surface area (Å²) in [6, 6.07) is 0. The molecule has 0 aromatic carbocycles. The second-order valence-corrected chi connectivity index (χ2v) is 2.28. The quantitative estimate of drug-likeness (QED) is 0.553. The van der Waals surface area contributed by atoms with E-state index in [1.54, 1.807) is 6.92 Å². The third kappa shape index (κ3) is 0.813. The first-order valence-corrected chi connectivity index (χ1v) is 3.17. The molecule has 2 rings (SSSR count). The third-order valence-electron chi connectivity index (χ3n) is 1.43. The molecule has 0 aliphatic heterocycles. The van der Waals surface area contributed by atoms with Crippen LogP contribution in [0, 0.1) is 6.92 Å². The Hall–Kier alpha value is -1.65. The number of nitrogens with zero attached hydrogens (tertiary/aromatic N) is 2. The molecule has 11 heavy (non-hydrogen) atoms. The van der Waals surface area contributed by atoms with Crippen molar-refractivity contribution in [3.8, 4) is 0 Å². The van der Waals surface area contributed by atoms with Crippen LogP contribution in [0.5, 0.6) is 0 Å². The molecule has 56 valence electrons. The molecule has 0 aliphatic carbocycles. The normalized spacial score (nSPS) is 10.6. The van der Waals surface area contributed by atoms with E-state index in [9.17, 15) is 4.79 Å². The number of aromatic amines is 2. The Morgan fingerprint density at radius 2 is 2.36 bits per heavy atom. The van der Waals surface area contributed by atoms with Crippen LogP contribution in [0.25, 0.3) is 11.0 Å². The van der Waals surface area contributed by atoms with E-state index in [1.165, 1.54) is 6.20 Å². The standard InChI is InChI=1S/C6H6N4O/c1-3-8-4-2-7-10-6(11)5(4)9-3/h2H,1H3,(H,8,9)(H,10,11). The molecule has 0 unspecified atom stereocenters. The summed E-state index contributed by atoms with van der Waals surface area (Å²) in [7, 11) is 0. The molecule has 0 bridgehead atoms. The lowest BCUT2D eigenvalue weighted by atomic mass is 10.5. The van der Waals surface area contributed by atoms with E-state index in [0.29, 0.717) is 11.0 Å². The monoisotopic (exact) mass is 150 g/mol. The maximum absolute atomic E-state index is 11.0. The first-order valence-electron chi connectivity index (χ1n) is 3.17. The Kier molecular flexibility index (Phi) is 1.06. The van der Waals surface area contributed by atoms with Gasteiger partial charge in [-0.1, -0.05) is 0 Å². The fraction of sp³-hybridized carbons (Fsp3) is 0.167. The van der Waals surface area contributed by atoms with Crippen molar-refractivity contribution in [2.75, 3.05) is 0 Å². The van der Waals surface area contributed by atoms with E-state index >= 15 is 0 Å². The molecule has 2 aromatic rings. The van der Waals surface area contributed by atoms with Crippen molar-refractivity contribution in [1.82, 2.24) is 20.2 Å². The zero-order valence-electron chi connectivity index (χ0n) is 5.88. The molecule has 0 spiro atoms. The highest BCUT2D eigenvalue weighted by molar-refractivity contribution is 5.72. The first kappa shape index (κ1) is 6.09. The van der Waals surface area contributed by atoms with Crippen LogP contribution in [0.3, 0.4) is 0 Å². The Morgan fingerprint density at radius 1 is 1.55 bits per heavy atom. The molecule has 2 aromatic heterocycles. The van der Waals surface area contributed by atoms with Crippen LogP contribution < -0.4 is 5.56 Å². The molecule has 5 nitrogen and oxygen atoms in total. The summed E-state index contributed by atoms with van der Waals surface area (Å²) < 4.78 is 0. The van der Waals surface area contributed by atoms with Gasteiger partial charge >= 0.3 is 0 Å². The third-order valence-corrected chi connectivity index (χ3v) is 1.43. The van der Waals surface area contributed by atoms with Gasteiger partial charge in [0.15, 0.2) is 5.52 Å². The highest BCUT2D eigenvalue weighted by atomic mass is 16.1. The minimum atomic E-state index is -0.258. The van der Waals surface area contributed by atoms with Crippen LogP contribution in [-0.2, 0) is 0 Å². The van der Waals surface area contributed by atoms with E-state index in [0.717, 1.165) is 5.82 Å². The Morgan fingerprint density at radius 3 is 3.09 bits per heavy atom. The van der Waals surface area contributed by atoms with Gasteiger partial charge in [0.05, 0.1) is 11.7 Å². The van der Waals surface area contributed by atoms with Crippen LogP contribution >= 0.6 is 0 Å². The smallest absolute Gasteiger partial charge is 0.292 e. The molecule has 2 heterocycles. The number of hydrogen-bond donors (Lipinski definition) is 2. The van der Waals surface area contributed by atoms with Gasteiger partial charge in [-0.2, -0.15) is 5.10 Å². The molecule has 0 fully saturated rings. The topological polar surface area (TPSA) is 74.4 Å². The summed E-state index contributed by atoms with van der Waals surface area (Å²) in [5, 5.41) is 5.92. The minimum Gasteiger partial charge on any atom is -0.341 e. The summed E-state index contributed by atoms with van der Waals surface area (Å²) in [6.45, 7) is 1.79. The predicted molar refractivity (Wildman–Crippen MR) is 39.2 cm³/mol. The molecule has 0 aliphatic rings. The summed E-state index contributed by atoms with van der Waals surface area (Å²) >= 11 is 0. The molecule has 0 amide bonds. The van der Waals surface area contributed by atoms with E-state index < -0.39 is 0 Å². The lowest BCUT2D eigenvalue weighted by Crippen LogP contribution is -2.06. The van der Waals surface area contributed by atoms with Crippen molar-refractivity contribution in [2.24, 2.45) is 0 Å². The summed E-state index contributed by atoms with van der Waals surface area (Å²) in [6.07, 6.45) is 1.54. The summed E-state index contributed by atoms with van der Waals surface area (Å²) in [5.41, 5.74) is 0.829. The zero-order chi connectivity index (χ0) is 7.84. The molecular formula is C6H6N4O. The molecule has 2 N–H and O–H groups in total. The van der Waals surface area contributed by atoms with Crippen LogP contribution in [0.15, 0.2) is 11.0 Å². The van der Waals surface area contributed by atoms with Gasteiger partial charge in [0.1, 0.15) is 5.82 Å². The first-order chi connectivity index (χ1) is 5.27. The molecule has 0 atom stereocenters. The Balaban J connectivity index is 3.02. The molecule has 0 saturated carbocycles. The maximum Gasteiger partial charge on any atom is 0.292 e. The van der Waals surface area contributed by atoms with Gasteiger partial charge < -0.3 is 4.98 Å². The van der Waals surface area contributed by atoms with E-state index in [1.807, 2.05) is 0 Å². The number of rotatable bonds is 0. The molecule has 5 heteroatoms. The SMILES string of the molecule is Cc1nc2c(=O)[nH]ncc2[nH]1. The second-order valence-electron chi connectivity index (χ2n) is 2.28. The predicted octanol–water partition coefficient (Wildman–Crippen LogP) is -0.0454. The number of imidazole rings is 1. The van der Waals surface area contributed by atoms with Gasteiger partial charge in [-0.25, -0.2) is 10.1 Å². The average Bonchev–Trinajstić information content (AvgIpc) is 2.31. The largest absolute Gasteiger partial charge is 0.341 e. The number of aryl methyl sites for hydroxylation is 1. The second kappa shape index (κ2) is 1.91. The van der Waals surface area contributed by atoms with Crippen LogP contribution in [-0.4, -0.2) is 20.2 Å². The van der Waals surface area contributed by atoms with Crippen molar-refractivity contribution >= 4 is 11.0 Å². The van der Waals surface area contributed by atoms with Crippen molar-refractivity contribution in [1.29, 1.82) is 0 Å². The Labute approximate surface area is 61.5 Å². The summed E-state index contributed by atoms with van der Waals surface area (Å²) in [5.74, 6) is 0.721. The minimum absolute atomic E-state index is 0.258. The van der Waals surface area contributed by atoms with Gasteiger partial charge in [-0.05, 0) is 6.92 Å². The van der Waals surface area contributed by atoms with Gasteiger partial charge in [0.25, 0.3) is 5.56 Å². The van der Waals surface area contributed by atoms with Crippen LogP contribution in [0.4, 0.5) is 0 Å². The van der Waals surface area contributed by atoms with Gasteiger partial charge in [0, 0.05) is 0 Å². The molecule has 0 radical (unpaired) electrons. The van der Waals surface area contributed by atoms with Crippen LogP contribution in [0.2, 0.25) is 0 Å². The fourth-order valence-corrected chi connectivity index (χ4v) is 0.985. The lowest BCUT2D eigenvalue weighted by molar-refractivity contribution is 1.01. The highest BCUT2D eigenvalue weighted by Gasteiger charge is 2.01. The number of H-pyrrole nitrogens is 2. The van der Waals surface area contributed by atoms with Gasteiger partial charge in [-0.15, -0.1) is 0 Å². The van der Waals surface area contributed by atoms with E-state index in [4.69, 9.17) is 0 Å². The maximum atomic E-state index is 11.0. The van der Waals surface area contributed by atoms with Gasteiger partial charge in [-0.3, -0.25) is 4.79 Å². The zero-order valence-corrected chi connectivity index (χ0v) is 5.88. The fourth-order valence-electron chi connectivity index (χ4n) is 0.985. The number of fused-ring (bicyclic) bond motifs is 1.